The quantitative estimate of drug-likeness (QED) is 0.154. The predicted molar refractivity (Wildman–Crippen MR) is 202 cm³/mol. The van der Waals surface area contributed by atoms with E-state index < -0.39 is 29.1 Å². The van der Waals surface area contributed by atoms with Crippen molar-refractivity contribution in [3.63, 3.8) is 0 Å². The van der Waals surface area contributed by atoms with Crippen LogP contribution in [0.1, 0.15) is 60.3 Å². The minimum Gasteiger partial charge on any atom is -0.494 e. The highest BCUT2D eigenvalue weighted by molar-refractivity contribution is 6.07. The van der Waals surface area contributed by atoms with E-state index in [1.165, 1.54) is 0 Å². The summed E-state index contributed by atoms with van der Waals surface area (Å²) in [5, 5.41) is 9.46. The van der Waals surface area contributed by atoms with Crippen LogP contribution in [0.25, 0.3) is 0 Å². The second kappa shape index (κ2) is 16.0. The Kier molecular flexibility index (Phi) is 12.0. The number of amides is 3. The van der Waals surface area contributed by atoms with Crippen molar-refractivity contribution in [1.82, 2.24) is 4.90 Å². The van der Waals surface area contributed by atoms with Crippen LogP contribution in [0, 0.1) is 17.8 Å². The van der Waals surface area contributed by atoms with Gasteiger partial charge in [0, 0.05) is 56.4 Å². The summed E-state index contributed by atoms with van der Waals surface area (Å²) in [7, 11) is 0. The molecule has 0 saturated carbocycles. The predicted octanol–water partition coefficient (Wildman–Crippen LogP) is 5.84. The highest BCUT2D eigenvalue weighted by Crippen LogP contribution is 2.65. The number of fused-ring (bicyclic) bond motifs is 1. The summed E-state index contributed by atoms with van der Waals surface area (Å²) in [5.41, 5.74) is 0.264. The molecule has 0 aliphatic carbocycles. The molecule has 2 bridgehead atoms. The summed E-state index contributed by atoms with van der Waals surface area (Å²) in [4.78, 5) is 52.1. The summed E-state index contributed by atoms with van der Waals surface area (Å²) in [5.74, 6) is -1.77. The van der Waals surface area contributed by atoms with Crippen molar-refractivity contribution >= 4 is 34.8 Å². The molecular weight excluding hydrogens is 644 g/mol. The highest BCUT2D eigenvalue weighted by Gasteiger charge is 2.80. The number of hydrogen-bond donors (Lipinski definition) is 1. The molecular formula is C41H56N4O6. The van der Waals surface area contributed by atoms with Crippen molar-refractivity contribution in [2.24, 2.45) is 17.8 Å². The fourth-order valence-electron chi connectivity index (χ4n) is 8.75. The van der Waals surface area contributed by atoms with E-state index in [9.17, 15) is 14.7 Å². The van der Waals surface area contributed by atoms with Gasteiger partial charge in [-0.2, -0.15) is 0 Å². The number of carbonyl (C=O) groups excluding carboxylic acids is 3. The maximum atomic E-state index is 15.1. The summed E-state index contributed by atoms with van der Waals surface area (Å²) in [6.45, 7) is 21.1. The first kappa shape index (κ1) is 38.1. The van der Waals surface area contributed by atoms with Gasteiger partial charge in [0.1, 0.15) is 17.4 Å². The van der Waals surface area contributed by atoms with Gasteiger partial charge in [-0.05, 0) is 108 Å². The number of ether oxygens (including phenoxy) is 2. The second-order valence-electron chi connectivity index (χ2n) is 14.1. The van der Waals surface area contributed by atoms with Crippen molar-refractivity contribution in [1.29, 1.82) is 0 Å². The van der Waals surface area contributed by atoms with E-state index in [1.54, 1.807) is 26.9 Å². The van der Waals surface area contributed by atoms with E-state index in [2.05, 4.69) is 38.8 Å². The molecule has 3 fully saturated rings. The van der Waals surface area contributed by atoms with Crippen LogP contribution in [0.3, 0.4) is 0 Å². The maximum Gasteiger partial charge on any atom is 0.253 e. The maximum absolute atomic E-state index is 15.1. The Balaban J connectivity index is 1.57. The smallest absolute Gasteiger partial charge is 0.253 e. The van der Waals surface area contributed by atoms with Crippen molar-refractivity contribution in [3.8, 4) is 5.75 Å². The zero-order valence-corrected chi connectivity index (χ0v) is 31.1. The number of carbonyl (C=O) groups is 3. The summed E-state index contributed by atoms with van der Waals surface area (Å²) < 4.78 is 12.7. The van der Waals surface area contributed by atoms with Crippen LogP contribution in [-0.4, -0.2) is 90.9 Å². The van der Waals surface area contributed by atoms with E-state index in [1.807, 2.05) is 62.4 Å². The van der Waals surface area contributed by atoms with E-state index in [0.717, 1.165) is 18.8 Å². The lowest BCUT2D eigenvalue weighted by Gasteiger charge is -2.39. The molecule has 6 atom stereocenters. The first-order valence-electron chi connectivity index (χ1n) is 18.6. The Bertz CT molecular complexity index is 1560. The zero-order chi connectivity index (χ0) is 36.9. The number of aliphatic hydroxyl groups excluding tert-OH is 1. The van der Waals surface area contributed by atoms with Crippen LogP contribution >= 0.6 is 0 Å². The van der Waals surface area contributed by atoms with Crippen molar-refractivity contribution < 1.29 is 29.0 Å². The van der Waals surface area contributed by atoms with Gasteiger partial charge in [-0.3, -0.25) is 14.4 Å². The minimum atomic E-state index is -1.20. The van der Waals surface area contributed by atoms with Crippen molar-refractivity contribution in [3.05, 3.63) is 73.8 Å². The highest BCUT2D eigenvalue weighted by atomic mass is 16.5. The van der Waals surface area contributed by atoms with Gasteiger partial charge in [-0.25, -0.2) is 0 Å². The van der Waals surface area contributed by atoms with Crippen LogP contribution < -0.4 is 19.4 Å². The molecule has 10 heteroatoms. The Hall–Kier alpha value is -4.15. The second-order valence-corrected chi connectivity index (χ2v) is 14.1. The third-order valence-electron chi connectivity index (χ3n) is 11.3. The first-order valence-corrected chi connectivity index (χ1v) is 18.6. The van der Waals surface area contributed by atoms with Crippen LogP contribution in [0.2, 0.25) is 0 Å². The number of likely N-dealkylation sites (tertiary alicyclic amines) is 1. The molecule has 2 aromatic rings. The largest absolute Gasteiger partial charge is 0.494 e. The molecule has 51 heavy (non-hydrogen) atoms. The molecule has 3 aliphatic heterocycles. The Morgan fingerprint density at radius 3 is 2.04 bits per heavy atom. The van der Waals surface area contributed by atoms with Crippen LogP contribution in [0.4, 0.5) is 17.1 Å². The molecule has 5 rings (SSSR count). The van der Waals surface area contributed by atoms with Crippen LogP contribution in [-0.2, 0) is 19.1 Å². The van der Waals surface area contributed by atoms with Gasteiger partial charge in [0.05, 0.1) is 24.0 Å². The number of unbranched alkanes of at least 4 members (excludes halogenated alkanes) is 2. The number of anilines is 3. The number of hydrogen-bond acceptors (Lipinski definition) is 7. The fraction of sp³-hybridized carbons (Fsp3) is 0.537. The number of rotatable bonds is 18. The molecule has 0 radical (unpaired) electrons. The van der Waals surface area contributed by atoms with Crippen LogP contribution in [0.5, 0.6) is 5.75 Å². The average molecular weight is 701 g/mol. The number of nitrogens with zero attached hydrogens (tertiary/aromatic N) is 4. The average Bonchev–Trinajstić information content (AvgIpc) is 3.64. The fourth-order valence-corrected chi connectivity index (χ4v) is 8.75. The Labute approximate surface area is 303 Å². The first-order chi connectivity index (χ1) is 24.6. The molecule has 0 aromatic heterocycles. The Morgan fingerprint density at radius 2 is 1.49 bits per heavy atom. The van der Waals surface area contributed by atoms with Gasteiger partial charge >= 0.3 is 0 Å². The number of aliphatic hydroxyl groups is 1. The standard InChI is InChI=1S/C41H56N4O6/c1-8-24-43(32-20-22-33(23-21-32)50-12-5)37(47)34-35-38(48)45(26-14-13-15-27-46)36(41(35)28-29(6)40(34,7)51-41)39(49)44(25-9-2)31-18-16-30(17-19-31)42(10-3)11-4/h8-9,16-23,29,34-36,46H,1-2,10-15,24-28H2,3-7H3/t29?,34-,35-,36?,40+,41?/m0/s1. The third-order valence-corrected chi connectivity index (χ3v) is 11.3. The van der Waals surface area contributed by atoms with Gasteiger partial charge in [-0.15, -0.1) is 13.2 Å². The van der Waals surface area contributed by atoms with E-state index in [4.69, 9.17) is 9.47 Å². The molecule has 1 N–H and O–H groups in total. The van der Waals surface area contributed by atoms with Gasteiger partial charge in [0.25, 0.3) is 5.91 Å². The minimum absolute atomic E-state index is 0.0553. The summed E-state index contributed by atoms with van der Waals surface area (Å²) >= 11 is 0. The SMILES string of the molecule is C=CCN(C(=O)C1N(CCCCCO)C(=O)[C@@H]2[C@@H](C(=O)N(CC=C)c3ccc(OCC)cc3)[C@]3(C)OC12CC3C)c1ccc(N(CC)CC)cc1. The van der Waals surface area contributed by atoms with Crippen molar-refractivity contribution in [2.45, 2.75) is 77.5 Å². The molecule has 10 nitrogen and oxygen atoms in total. The normalized spacial score (nSPS) is 26.2. The molecule has 3 amide bonds. The van der Waals surface area contributed by atoms with Gasteiger partial charge < -0.3 is 34.2 Å². The van der Waals surface area contributed by atoms with E-state index >= 15 is 4.79 Å². The molecule has 2 aromatic carbocycles. The molecule has 1 spiro atoms. The summed E-state index contributed by atoms with van der Waals surface area (Å²) in [6, 6.07) is 14.3. The molecule has 3 saturated heterocycles. The lowest BCUT2D eigenvalue weighted by atomic mass is 9.62. The van der Waals surface area contributed by atoms with E-state index in [-0.39, 0.29) is 43.3 Å². The molecule has 276 valence electrons. The van der Waals surface area contributed by atoms with Crippen LogP contribution in [0.15, 0.2) is 73.8 Å². The Morgan fingerprint density at radius 1 is 0.922 bits per heavy atom. The number of benzene rings is 2. The van der Waals surface area contributed by atoms with Crippen molar-refractivity contribution in [2.75, 3.05) is 60.6 Å². The topological polar surface area (TPSA) is 103 Å². The van der Waals surface area contributed by atoms with Gasteiger partial charge in [-0.1, -0.05) is 19.1 Å². The van der Waals surface area contributed by atoms with Gasteiger partial charge in [0.2, 0.25) is 11.8 Å². The summed E-state index contributed by atoms with van der Waals surface area (Å²) in [6.07, 6.45) is 5.76. The lowest BCUT2D eigenvalue weighted by Crippen LogP contribution is -2.57. The molecule has 3 unspecified atom stereocenters. The van der Waals surface area contributed by atoms with Gasteiger partial charge in [0.15, 0.2) is 0 Å². The molecule has 3 aliphatic rings. The monoisotopic (exact) mass is 700 g/mol. The third kappa shape index (κ3) is 6.80. The lowest BCUT2D eigenvalue weighted by molar-refractivity contribution is -0.145. The zero-order valence-electron chi connectivity index (χ0n) is 31.1. The van der Waals surface area contributed by atoms with E-state index in [0.29, 0.717) is 56.0 Å². The molecule has 3 heterocycles.